The Balaban J connectivity index is 2.33. The number of carbonyl (C=O) groups is 1. The Bertz CT molecular complexity index is 617. The van der Waals surface area contributed by atoms with Gasteiger partial charge in [0, 0.05) is 24.3 Å². The lowest BCUT2D eigenvalue weighted by Crippen LogP contribution is -2.30. The van der Waals surface area contributed by atoms with Crippen LogP contribution in [0.15, 0.2) is 42.5 Å². The van der Waals surface area contributed by atoms with Crippen molar-refractivity contribution in [3.63, 3.8) is 0 Å². The van der Waals surface area contributed by atoms with E-state index in [9.17, 15) is 9.18 Å². The van der Waals surface area contributed by atoms with E-state index in [4.69, 9.17) is 5.73 Å². The molecule has 2 rings (SSSR count). The van der Waals surface area contributed by atoms with Crippen LogP contribution < -0.4 is 10.6 Å². The number of benzene rings is 2. The van der Waals surface area contributed by atoms with E-state index < -0.39 is 5.82 Å². The van der Waals surface area contributed by atoms with Crippen LogP contribution in [0, 0.1) is 12.7 Å². The zero-order chi connectivity index (χ0) is 15.4. The molecule has 2 aromatic carbocycles. The molecule has 0 atom stereocenters. The van der Waals surface area contributed by atoms with Crippen LogP contribution in [0.5, 0.6) is 0 Å². The van der Waals surface area contributed by atoms with E-state index >= 15 is 0 Å². The number of anilines is 1. The lowest BCUT2D eigenvalue weighted by Gasteiger charge is -2.21. The molecular formula is C17H19FN2O. The Morgan fingerprint density at radius 2 is 1.86 bits per heavy atom. The first-order valence-corrected chi connectivity index (χ1v) is 6.93. The first-order chi connectivity index (χ1) is 10.0. The van der Waals surface area contributed by atoms with E-state index in [1.54, 1.807) is 17.9 Å². The molecule has 3 nitrogen and oxygen atoms in total. The topological polar surface area (TPSA) is 46.3 Å². The van der Waals surface area contributed by atoms with Crippen molar-refractivity contribution in [3.05, 3.63) is 65.0 Å². The molecule has 2 aromatic rings. The molecule has 0 saturated carbocycles. The molecule has 110 valence electrons. The van der Waals surface area contributed by atoms with Crippen LogP contribution in [0.3, 0.4) is 0 Å². The number of hydrogen-bond acceptors (Lipinski definition) is 2. The summed E-state index contributed by atoms with van der Waals surface area (Å²) in [4.78, 5) is 14.2. The fourth-order valence-corrected chi connectivity index (χ4v) is 2.27. The lowest BCUT2D eigenvalue weighted by molar-refractivity contribution is 0.0988. The van der Waals surface area contributed by atoms with Crippen molar-refractivity contribution in [1.29, 1.82) is 0 Å². The maximum atomic E-state index is 13.5. The van der Waals surface area contributed by atoms with Gasteiger partial charge in [-0.05, 0) is 55.3 Å². The summed E-state index contributed by atoms with van der Waals surface area (Å²) < 4.78 is 13.5. The Morgan fingerprint density at radius 1 is 1.19 bits per heavy atom. The molecule has 0 fully saturated rings. The number of nitrogens with zero attached hydrogens (tertiary/aromatic N) is 1. The predicted octanol–water partition coefficient (Wildman–Crippen LogP) is 3.26. The number of amides is 1. The second kappa shape index (κ2) is 6.50. The molecule has 0 spiro atoms. The number of nitrogens with two attached hydrogens (primary N) is 1. The summed E-state index contributed by atoms with van der Waals surface area (Å²) in [5.74, 6) is -0.603. The van der Waals surface area contributed by atoms with Crippen LogP contribution in [0.2, 0.25) is 0 Å². The fraction of sp³-hybridized carbons (Fsp3) is 0.235. The van der Waals surface area contributed by atoms with Gasteiger partial charge in [-0.25, -0.2) is 4.39 Å². The summed E-state index contributed by atoms with van der Waals surface area (Å²) >= 11 is 0. The molecule has 0 saturated heterocycles. The van der Waals surface area contributed by atoms with Crippen LogP contribution in [-0.4, -0.2) is 12.5 Å². The van der Waals surface area contributed by atoms with Gasteiger partial charge in [-0.15, -0.1) is 0 Å². The Kier molecular flexibility index (Phi) is 4.70. The van der Waals surface area contributed by atoms with Crippen molar-refractivity contribution in [2.75, 3.05) is 11.4 Å². The molecular weight excluding hydrogens is 267 g/mol. The molecule has 0 heterocycles. The van der Waals surface area contributed by atoms with Crippen molar-refractivity contribution in [3.8, 4) is 0 Å². The molecule has 2 N–H and O–H groups in total. The predicted molar refractivity (Wildman–Crippen MR) is 82.8 cm³/mol. The third-order valence-electron chi connectivity index (χ3n) is 3.33. The van der Waals surface area contributed by atoms with E-state index in [0.29, 0.717) is 18.7 Å². The van der Waals surface area contributed by atoms with Crippen LogP contribution in [0.1, 0.15) is 28.4 Å². The van der Waals surface area contributed by atoms with E-state index in [1.807, 2.05) is 31.2 Å². The van der Waals surface area contributed by atoms with Gasteiger partial charge in [-0.1, -0.05) is 12.1 Å². The summed E-state index contributed by atoms with van der Waals surface area (Å²) in [5, 5.41) is 0. The van der Waals surface area contributed by atoms with Crippen LogP contribution in [-0.2, 0) is 6.54 Å². The molecule has 0 aliphatic heterocycles. The molecule has 0 aliphatic rings. The maximum absolute atomic E-state index is 13.5. The first kappa shape index (κ1) is 15.2. The first-order valence-electron chi connectivity index (χ1n) is 6.93. The molecule has 0 bridgehead atoms. The number of hydrogen-bond donors (Lipinski definition) is 1. The van der Waals surface area contributed by atoms with Gasteiger partial charge in [0.2, 0.25) is 0 Å². The molecule has 0 unspecified atom stereocenters. The molecule has 21 heavy (non-hydrogen) atoms. The van der Waals surface area contributed by atoms with Crippen molar-refractivity contribution in [2.24, 2.45) is 5.73 Å². The average molecular weight is 286 g/mol. The van der Waals surface area contributed by atoms with Gasteiger partial charge in [0.15, 0.2) is 0 Å². The van der Waals surface area contributed by atoms with Gasteiger partial charge in [0.05, 0.1) is 0 Å². The van der Waals surface area contributed by atoms with Crippen molar-refractivity contribution >= 4 is 11.6 Å². The third kappa shape index (κ3) is 3.47. The number of rotatable bonds is 4. The zero-order valence-corrected chi connectivity index (χ0v) is 12.3. The minimum Gasteiger partial charge on any atom is -0.326 e. The van der Waals surface area contributed by atoms with Crippen LogP contribution in [0.25, 0.3) is 0 Å². The van der Waals surface area contributed by atoms with Crippen molar-refractivity contribution in [1.82, 2.24) is 0 Å². The van der Waals surface area contributed by atoms with Crippen LogP contribution in [0.4, 0.5) is 10.1 Å². The monoisotopic (exact) mass is 286 g/mol. The third-order valence-corrected chi connectivity index (χ3v) is 3.33. The van der Waals surface area contributed by atoms with Gasteiger partial charge in [0.1, 0.15) is 5.82 Å². The largest absolute Gasteiger partial charge is 0.326 e. The molecule has 0 aliphatic carbocycles. The Hall–Kier alpha value is -2.20. The molecule has 4 heteroatoms. The zero-order valence-electron chi connectivity index (χ0n) is 12.3. The second-order valence-electron chi connectivity index (χ2n) is 4.94. The van der Waals surface area contributed by atoms with Crippen molar-refractivity contribution in [2.45, 2.75) is 20.4 Å². The SMILES string of the molecule is CCN(C(=O)c1cc(C)cc(F)c1)c1ccc(CN)cc1. The maximum Gasteiger partial charge on any atom is 0.258 e. The summed E-state index contributed by atoms with van der Waals surface area (Å²) in [6, 6.07) is 11.9. The fourth-order valence-electron chi connectivity index (χ4n) is 2.27. The Morgan fingerprint density at radius 3 is 2.38 bits per heavy atom. The lowest BCUT2D eigenvalue weighted by atomic mass is 10.1. The van der Waals surface area contributed by atoms with Gasteiger partial charge in [-0.2, -0.15) is 0 Å². The highest BCUT2D eigenvalue weighted by molar-refractivity contribution is 6.06. The number of halogens is 1. The van der Waals surface area contributed by atoms with Crippen LogP contribution >= 0.6 is 0 Å². The minimum absolute atomic E-state index is 0.208. The smallest absolute Gasteiger partial charge is 0.258 e. The Labute approximate surface area is 124 Å². The van der Waals surface area contributed by atoms with Gasteiger partial charge < -0.3 is 10.6 Å². The second-order valence-corrected chi connectivity index (χ2v) is 4.94. The highest BCUT2D eigenvalue weighted by Crippen LogP contribution is 2.19. The van der Waals surface area contributed by atoms with Gasteiger partial charge >= 0.3 is 0 Å². The van der Waals surface area contributed by atoms with E-state index in [0.717, 1.165) is 16.8 Å². The van der Waals surface area contributed by atoms with E-state index in [1.165, 1.54) is 12.1 Å². The summed E-state index contributed by atoms with van der Waals surface area (Å²) in [5.41, 5.74) is 8.44. The van der Waals surface area contributed by atoms with Gasteiger partial charge in [0.25, 0.3) is 5.91 Å². The standard InChI is InChI=1S/C17H19FN2O/c1-3-20(16-6-4-13(11-19)5-7-16)17(21)14-8-12(2)9-15(18)10-14/h4-10H,3,11,19H2,1-2H3. The normalized spacial score (nSPS) is 10.5. The average Bonchev–Trinajstić information content (AvgIpc) is 2.47. The van der Waals surface area contributed by atoms with Gasteiger partial charge in [-0.3, -0.25) is 4.79 Å². The summed E-state index contributed by atoms with van der Waals surface area (Å²) in [7, 11) is 0. The molecule has 1 amide bonds. The molecule has 0 radical (unpaired) electrons. The molecule has 0 aromatic heterocycles. The van der Waals surface area contributed by atoms with E-state index in [2.05, 4.69) is 0 Å². The summed E-state index contributed by atoms with van der Waals surface area (Å²) in [6.07, 6.45) is 0. The highest BCUT2D eigenvalue weighted by Gasteiger charge is 2.17. The quantitative estimate of drug-likeness (QED) is 0.937. The summed E-state index contributed by atoms with van der Waals surface area (Å²) in [6.45, 7) is 4.63. The minimum atomic E-state index is -0.395. The number of aryl methyl sites for hydroxylation is 1. The highest BCUT2D eigenvalue weighted by atomic mass is 19.1. The number of carbonyl (C=O) groups excluding carboxylic acids is 1. The van der Waals surface area contributed by atoms with E-state index in [-0.39, 0.29) is 5.91 Å². The van der Waals surface area contributed by atoms with Crippen molar-refractivity contribution < 1.29 is 9.18 Å².